The highest BCUT2D eigenvalue weighted by Crippen LogP contribution is 2.64. The molecule has 1 N–H and O–H groups in total. The minimum absolute atomic E-state index is 0.273. The molecule has 0 amide bonds. The first-order chi connectivity index (χ1) is 13.4. The van der Waals surface area contributed by atoms with Gasteiger partial charge < -0.3 is 5.11 Å². The SMILES string of the molecule is C=CCC(F)(F)C(F)(F)C(F)(F)C(F)(F)C(F)(F)C(F)(F)C(F)(F)C(F)(F)CCCO. The molecule has 0 aliphatic carbocycles. The molecule has 0 aliphatic heterocycles. The van der Waals surface area contributed by atoms with Crippen LogP contribution in [0.2, 0.25) is 0 Å². The summed E-state index contributed by atoms with van der Waals surface area (Å²) in [5.74, 6) is -61.0. The van der Waals surface area contributed by atoms with E-state index in [1.807, 2.05) is 0 Å². The molecular formula is C14H12F16O. The van der Waals surface area contributed by atoms with Gasteiger partial charge in [0.15, 0.2) is 0 Å². The van der Waals surface area contributed by atoms with Gasteiger partial charge >= 0.3 is 47.4 Å². The van der Waals surface area contributed by atoms with Gasteiger partial charge in [-0.1, -0.05) is 6.08 Å². The van der Waals surface area contributed by atoms with Crippen LogP contribution in [0.3, 0.4) is 0 Å². The number of aliphatic hydroxyl groups is 1. The predicted molar refractivity (Wildman–Crippen MR) is 70.7 cm³/mol. The van der Waals surface area contributed by atoms with Crippen LogP contribution in [0.4, 0.5) is 70.2 Å². The van der Waals surface area contributed by atoms with Crippen molar-refractivity contribution < 1.29 is 75.4 Å². The Morgan fingerprint density at radius 1 is 0.516 bits per heavy atom. The molecule has 1 nitrogen and oxygen atoms in total. The first-order valence-corrected chi connectivity index (χ1v) is 7.61. The molecule has 0 bridgehead atoms. The monoisotopic (exact) mass is 500 g/mol. The lowest BCUT2D eigenvalue weighted by atomic mass is 9.86. The van der Waals surface area contributed by atoms with Crippen molar-refractivity contribution in [3.8, 4) is 0 Å². The largest absolute Gasteiger partial charge is 0.396 e. The average Bonchev–Trinajstić information content (AvgIpc) is 2.58. The Morgan fingerprint density at radius 2 is 0.806 bits per heavy atom. The Bertz CT molecular complexity index is 638. The van der Waals surface area contributed by atoms with Gasteiger partial charge in [-0.15, -0.1) is 6.58 Å². The molecule has 0 aromatic heterocycles. The quantitative estimate of drug-likeness (QED) is 0.243. The molecule has 0 aromatic rings. The summed E-state index contributed by atoms with van der Waals surface area (Å²) in [5, 5.41) is 8.21. The average molecular weight is 500 g/mol. The van der Waals surface area contributed by atoms with Crippen LogP contribution in [0.15, 0.2) is 12.7 Å². The molecule has 0 rings (SSSR count). The summed E-state index contributed by atoms with van der Waals surface area (Å²) in [7, 11) is 0. The molecule has 31 heavy (non-hydrogen) atoms. The zero-order chi connectivity index (χ0) is 25.5. The van der Waals surface area contributed by atoms with Gasteiger partial charge in [0.1, 0.15) is 0 Å². The van der Waals surface area contributed by atoms with Gasteiger partial charge in [0.2, 0.25) is 0 Å². The van der Waals surface area contributed by atoms with Crippen molar-refractivity contribution in [1.29, 1.82) is 0 Å². The van der Waals surface area contributed by atoms with Crippen LogP contribution in [0.25, 0.3) is 0 Å². The van der Waals surface area contributed by atoms with Crippen molar-refractivity contribution in [2.45, 2.75) is 66.6 Å². The number of alkyl halides is 16. The van der Waals surface area contributed by atoms with Crippen LogP contribution in [0, 0.1) is 0 Å². The Hall–Kier alpha value is -1.42. The second kappa shape index (κ2) is 8.17. The smallest absolute Gasteiger partial charge is 0.384 e. The van der Waals surface area contributed by atoms with Crippen LogP contribution >= 0.6 is 0 Å². The van der Waals surface area contributed by atoms with Crippen molar-refractivity contribution in [1.82, 2.24) is 0 Å². The Labute approximate surface area is 162 Å². The summed E-state index contributed by atoms with van der Waals surface area (Å²) in [4.78, 5) is 0. The van der Waals surface area contributed by atoms with Gasteiger partial charge in [-0.05, 0) is 6.42 Å². The third-order valence-electron chi connectivity index (χ3n) is 3.94. The highest BCUT2D eigenvalue weighted by atomic mass is 19.4. The van der Waals surface area contributed by atoms with Crippen molar-refractivity contribution in [2.24, 2.45) is 0 Å². The predicted octanol–water partition coefficient (Wildman–Crippen LogP) is 6.42. The molecule has 0 radical (unpaired) electrons. The van der Waals surface area contributed by atoms with E-state index >= 15 is 0 Å². The lowest BCUT2D eigenvalue weighted by Crippen LogP contribution is -2.74. The highest BCUT2D eigenvalue weighted by molar-refractivity contribution is 5.16. The second-order valence-corrected chi connectivity index (χ2v) is 6.18. The fourth-order valence-electron chi connectivity index (χ4n) is 2.02. The van der Waals surface area contributed by atoms with E-state index in [0.717, 1.165) is 0 Å². The number of rotatable bonds is 12. The molecule has 0 fully saturated rings. The third-order valence-corrected chi connectivity index (χ3v) is 3.94. The molecular weight excluding hydrogens is 488 g/mol. The van der Waals surface area contributed by atoms with Crippen molar-refractivity contribution in [2.75, 3.05) is 6.61 Å². The zero-order valence-corrected chi connectivity index (χ0v) is 14.6. The van der Waals surface area contributed by atoms with Gasteiger partial charge in [-0.3, -0.25) is 0 Å². The van der Waals surface area contributed by atoms with Crippen LogP contribution in [0.5, 0.6) is 0 Å². The standard InChI is InChI=1S/C14H12F16O/c1-2-4-7(15,16)9(19,20)11(23,24)13(27,28)14(29,30)12(25,26)10(21,22)8(17,18)5-3-6-31/h2,31H,1,3-6H2. The van der Waals surface area contributed by atoms with Gasteiger partial charge in [0.25, 0.3) is 0 Å². The number of halogens is 16. The first-order valence-electron chi connectivity index (χ1n) is 7.61. The van der Waals surface area contributed by atoms with E-state index in [-0.39, 0.29) is 6.08 Å². The van der Waals surface area contributed by atoms with E-state index in [4.69, 9.17) is 5.11 Å². The summed E-state index contributed by atoms with van der Waals surface area (Å²) in [6.07, 6.45) is -6.91. The summed E-state index contributed by atoms with van der Waals surface area (Å²) < 4.78 is 214. The van der Waals surface area contributed by atoms with Gasteiger partial charge in [-0.2, -0.15) is 70.2 Å². The van der Waals surface area contributed by atoms with E-state index in [0.29, 0.717) is 0 Å². The van der Waals surface area contributed by atoms with Crippen molar-refractivity contribution >= 4 is 0 Å². The fourth-order valence-corrected chi connectivity index (χ4v) is 2.02. The Balaban J connectivity index is 6.65. The summed E-state index contributed by atoms with van der Waals surface area (Å²) in [5.41, 5.74) is 0. The maximum absolute atomic E-state index is 13.5. The first kappa shape index (κ1) is 29.6. The number of aliphatic hydroxyl groups excluding tert-OH is 1. The summed E-state index contributed by atoms with van der Waals surface area (Å²) in [6, 6.07) is 0. The maximum atomic E-state index is 13.5. The second-order valence-electron chi connectivity index (χ2n) is 6.18. The van der Waals surface area contributed by atoms with Crippen LogP contribution in [0.1, 0.15) is 19.3 Å². The van der Waals surface area contributed by atoms with Crippen molar-refractivity contribution in [3.05, 3.63) is 12.7 Å². The lowest BCUT2D eigenvalue weighted by Gasteiger charge is -2.43. The maximum Gasteiger partial charge on any atom is 0.384 e. The van der Waals surface area contributed by atoms with E-state index < -0.39 is 73.2 Å². The van der Waals surface area contributed by atoms with Crippen LogP contribution in [-0.4, -0.2) is 59.1 Å². The number of allylic oxidation sites excluding steroid dienone is 1. The van der Waals surface area contributed by atoms with E-state index in [1.165, 1.54) is 0 Å². The van der Waals surface area contributed by atoms with Gasteiger partial charge in [-0.25, -0.2) is 0 Å². The van der Waals surface area contributed by atoms with E-state index in [1.54, 1.807) is 0 Å². The molecule has 0 heterocycles. The Kier molecular flexibility index (Phi) is 7.80. The molecule has 0 aliphatic rings. The molecule has 0 atom stereocenters. The Morgan fingerprint density at radius 3 is 1.10 bits per heavy atom. The molecule has 186 valence electrons. The molecule has 0 saturated carbocycles. The van der Waals surface area contributed by atoms with Crippen LogP contribution in [-0.2, 0) is 0 Å². The van der Waals surface area contributed by atoms with Gasteiger partial charge in [0, 0.05) is 19.4 Å². The summed E-state index contributed by atoms with van der Waals surface area (Å²) in [6.45, 7) is 0.937. The number of hydrogen-bond acceptors (Lipinski definition) is 1. The van der Waals surface area contributed by atoms with Gasteiger partial charge in [0.05, 0.1) is 0 Å². The third kappa shape index (κ3) is 4.05. The summed E-state index contributed by atoms with van der Waals surface area (Å²) >= 11 is 0. The molecule has 0 saturated heterocycles. The van der Waals surface area contributed by atoms with Crippen LogP contribution < -0.4 is 0 Å². The van der Waals surface area contributed by atoms with Crippen molar-refractivity contribution in [3.63, 3.8) is 0 Å². The molecule has 0 unspecified atom stereocenters. The minimum Gasteiger partial charge on any atom is -0.396 e. The van der Waals surface area contributed by atoms with E-state index in [9.17, 15) is 70.2 Å². The number of hydrogen-bond donors (Lipinski definition) is 1. The fraction of sp³-hybridized carbons (Fsp3) is 0.857. The molecule has 0 aromatic carbocycles. The normalized spacial score (nSPS) is 15.9. The zero-order valence-electron chi connectivity index (χ0n) is 14.6. The van der Waals surface area contributed by atoms with E-state index in [2.05, 4.69) is 6.58 Å². The topological polar surface area (TPSA) is 20.2 Å². The minimum atomic E-state index is -8.41. The molecule has 17 heteroatoms. The highest BCUT2D eigenvalue weighted by Gasteiger charge is 2.94. The lowest BCUT2D eigenvalue weighted by molar-refractivity contribution is -0.453. The molecule has 0 spiro atoms.